The molecule has 7 rings (SSSR count). The van der Waals surface area contributed by atoms with Crippen LogP contribution in [0.3, 0.4) is 0 Å². The zero-order valence-electron chi connectivity index (χ0n) is 35.1. The van der Waals surface area contributed by atoms with Gasteiger partial charge in [-0.15, -0.1) is 0 Å². The Labute approximate surface area is 373 Å². The van der Waals surface area contributed by atoms with E-state index in [1.54, 1.807) is 149 Å². The second-order valence-corrected chi connectivity index (χ2v) is 19.3. The molecule has 0 radical (unpaired) electrons. The fourth-order valence-electron chi connectivity index (χ4n) is 5.83. The van der Waals surface area contributed by atoms with Crippen molar-refractivity contribution in [3.63, 3.8) is 0 Å². The summed E-state index contributed by atoms with van der Waals surface area (Å²) >= 11 is 0. The summed E-state index contributed by atoms with van der Waals surface area (Å²) in [5.41, 5.74) is -0.764. The average Bonchev–Trinajstić information content (AvgIpc) is 3.26. The minimum Gasteiger partial charge on any atom is -0.457 e. The Morgan fingerprint density at radius 2 is 0.594 bits per heavy atom. The van der Waals surface area contributed by atoms with Gasteiger partial charge in [-0.2, -0.15) is 0 Å². The quantitative estimate of drug-likeness (QED) is 0.114. The van der Waals surface area contributed by atoms with E-state index in [-0.39, 0.29) is 19.6 Å². The Morgan fingerprint density at radius 1 is 0.359 bits per heavy atom. The van der Waals surface area contributed by atoms with Crippen molar-refractivity contribution in [1.82, 2.24) is 0 Å². The second kappa shape index (κ2) is 18.6. The molecule has 0 atom stereocenters. The molecule has 2 N–H and O–H groups in total. The van der Waals surface area contributed by atoms with Crippen molar-refractivity contribution in [2.24, 2.45) is 0 Å². The van der Waals surface area contributed by atoms with Crippen LogP contribution >= 0.6 is 0 Å². The summed E-state index contributed by atoms with van der Waals surface area (Å²) in [6, 6.07) is 45.2. The first-order chi connectivity index (χ1) is 30.4. The van der Waals surface area contributed by atoms with Gasteiger partial charge in [-0.3, -0.25) is 0 Å². The van der Waals surface area contributed by atoms with Gasteiger partial charge in [0.1, 0.15) is 57.2 Å². The second-order valence-electron chi connectivity index (χ2n) is 15.4. The van der Waals surface area contributed by atoms with E-state index >= 15 is 0 Å². The van der Waals surface area contributed by atoms with Crippen molar-refractivity contribution in [2.75, 3.05) is 0 Å². The molecule has 0 bridgehead atoms. The van der Waals surface area contributed by atoms with Crippen molar-refractivity contribution in [3.05, 3.63) is 181 Å². The molecule has 0 unspecified atom stereocenters. The van der Waals surface area contributed by atoms with E-state index in [4.69, 9.17) is 18.9 Å². The average molecular weight is 891 g/mol. The molecule has 0 saturated heterocycles. The number of ether oxygens (including phenoxy) is 4. The predicted molar refractivity (Wildman–Crippen MR) is 243 cm³/mol. The number of benzene rings is 7. The summed E-state index contributed by atoms with van der Waals surface area (Å²) < 4.78 is 77.5. The summed E-state index contributed by atoms with van der Waals surface area (Å²) in [5.74, 6) is 15.0. The van der Waals surface area contributed by atoms with E-state index in [1.807, 2.05) is 0 Å². The van der Waals surface area contributed by atoms with Crippen LogP contribution in [0.4, 0.5) is 0 Å². The third kappa shape index (κ3) is 12.0. The molecular weight excluding hydrogens is 849 g/mol. The molecule has 0 aliphatic rings. The monoisotopic (exact) mass is 890 g/mol. The van der Waals surface area contributed by atoms with Crippen LogP contribution in [-0.2, 0) is 19.7 Å². The minimum atomic E-state index is -3.85. The fourth-order valence-corrected chi connectivity index (χ4v) is 8.35. The normalized spacial score (nSPS) is 11.6. The van der Waals surface area contributed by atoms with Gasteiger partial charge in [0.2, 0.25) is 19.7 Å². The first-order valence-electron chi connectivity index (χ1n) is 19.8. The highest BCUT2D eigenvalue weighted by atomic mass is 32.2. The van der Waals surface area contributed by atoms with Crippen LogP contribution < -0.4 is 18.9 Å². The van der Waals surface area contributed by atoms with Crippen LogP contribution in [0, 0.1) is 23.7 Å². The first kappa shape index (κ1) is 44.7. The van der Waals surface area contributed by atoms with Crippen molar-refractivity contribution in [1.29, 1.82) is 0 Å². The SMILES string of the molecule is CC(C)(O)C#Cc1ccc(Oc2ccc(S(=O)(=O)c3ccc(Oc4cccc(Oc5ccc(S(=O)(=O)c6ccc(Oc7ccc(C#CC(C)(C)O)cc7)cc6)cc5)c4)cc3)cc2)cc1. The molecule has 10 nitrogen and oxygen atoms in total. The smallest absolute Gasteiger partial charge is 0.206 e. The topological polar surface area (TPSA) is 146 Å². The molecule has 322 valence electrons. The highest BCUT2D eigenvalue weighted by molar-refractivity contribution is 7.91. The summed E-state index contributed by atoms with van der Waals surface area (Å²) in [5, 5.41) is 19.6. The van der Waals surface area contributed by atoms with Gasteiger partial charge in [0.05, 0.1) is 19.6 Å². The van der Waals surface area contributed by atoms with E-state index < -0.39 is 30.9 Å². The molecule has 0 fully saturated rings. The zero-order valence-corrected chi connectivity index (χ0v) is 36.8. The Bertz CT molecular complexity index is 2880. The summed E-state index contributed by atoms with van der Waals surface area (Å²) in [6.07, 6.45) is 0. The Morgan fingerprint density at radius 3 is 0.844 bits per heavy atom. The molecule has 12 heteroatoms. The van der Waals surface area contributed by atoms with Gasteiger partial charge in [-0.25, -0.2) is 16.8 Å². The van der Waals surface area contributed by atoms with Crippen LogP contribution in [0.1, 0.15) is 38.8 Å². The van der Waals surface area contributed by atoms with Gasteiger partial charge in [0, 0.05) is 17.2 Å². The molecule has 64 heavy (non-hydrogen) atoms. The summed E-state index contributed by atoms with van der Waals surface area (Å²) in [6.45, 7) is 6.43. The lowest BCUT2D eigenvalue weighted by Gasteiger charge is -2.11. The fraction of sp³-hybridized carbons (Fsp3) is 0.115. The Balaban J connectivity index is 0.928. The molecule has 0 aliphatic heterocycles. The van der Waals surface area contributed by atoms with Crippen LogP contribution in [0.15, 0.2) is 189 Å². The maximum absolute atomic E-state index is 13.4. The molecule has 0 amide bonds. The lowest BCUT2D eigenvalue weighted by atomic mass is 10.1. The molecule has 0 aromatic heterocycles. The van der Waals surface area contributed by atoms with E-state index in [0.29, 0.717) is 46.0 Å². The third-order valence-electron chi connectivity index (χ3n) is 9.02. The molecule has 0 spiro atoms. The van der Waals surface area contributed by atoms with Gasteiger partial charge >= 0.3 is 0 Å². The minimum absolute atomic E-state index is 0.0823. The Hall–Kier alpha value is -7.32. The maximum atomic E-state index is 13.4. The third-order valence-corrected chi connectivity index (χ3v) is 12.6. The van der Waals surface area contributed by atoms with Gasteiger partial charge in [-0.05, 0) is 185 Å². The lowest BCUT2D eigenvalue weighted by Crippen LogP contribution is -2.14. The van der Waals surface area contributed by atoms with Crippen LogP contribution in [0.25, 0.3) is 0 Å². The van der Waals surface area contributed by atoms with Gasteiger partial charge < -0.3 is 29.2 Å². The zero-order chi connectivity index (χ0) is 45.5. The van der Waals surface area contributed by atoms with E-state index in [1.165, 1.54) is 48.5 Å². The molecule has 0 aliphatic carbocycles. The van der Waals surface area contributed by atoms with Crippen molar-refractivity contribution >= 4 is 19.7 Å². The van der Waals surface area contributed by atoms with Crippen molar-refractivity contribution in [3.8, 4) is 69.7 Å². The molecule has 0 heterocycles. The van der Waals surface area contributed by atoms with E-state index in [0.717, 1.165) is 11.1 Å². The van der Waals surface area contributed by atoms with Crippen molar-refractivity contribution in [2.45, 2.75) is 58.5 Å². The number of hydrogen-bond acceptors (Lipinski definition) is 10. The highest BCUT2D eigenvalue weighted by Crippen LogP contribution is 2.33. The first-order valence-corrected chi connectivity index (χ1v) is 22.8. The van der Waals surface area contributed by atoms with Crippen LogP contribution in [0.2, 0.25) is 0 Å². The molecule has 7 aromatic rings. The van der Waals surface area contributed by atoms with Gasteiger partial charge in [0.25, 0.3) is 0 Å². The summed E-state index contributed by atoms with van der Waals surface area (Å²) in [7, 11) is -7.70. The maximum Gasteiger partial charge on any atom is 0.206 e. The highest BCUT2D eigenvalue weighted by Gasteiger charge is 2.20. The lowest BCUT2D eigenvalue weighted by molar-refractivity contribution is 0.143. The summed E-state index contributed by atoms with van der Waals surface area (Å²) in [4.78, 5) is 0.353. The van der Waals surface area contributed by atoms with E-state index in [2.05, 4.69) is 23.7 Å². The number of sulfone groups is 2. The van der Waals surface area contributed by atoms with Crippen LogP contribution in [-0.4, -0.2) is 38.3 Å². The number of aliphatic hydroxyl groups is 2. The van der Waals surface area contributed by atoms with Crippen molar-refractivity contribution < 1.29 is 46.0 Å². The van der Waals surface area contributed by atoms with Crippen LogP contribution in [0.5, 0.6) is 46.0 Å². The molecular formula is C52H42O10S2. The van der Waals surface area contributed by atoms with Gasteiger partial charge in [0.15, 0.2) is 0 Å². The largest absolute Gasteiger partial charge is 0.457 e. The molecule has 0 saturated carbocycles. The Kier molecular flexibility index (Phi) is 13.0. The number of rotatable bonds is 12. The predicted octanol–water partition coefficient (Wildman–Crippen LogP) is 10.8. The van der Waals surface area contributed by atoms with Gasteiger partial charge in [-0.1, -0.05) is 29.7 Å². The molecule has 7 aromatic carbocycles. The van der Waals surface area contributed by atoms with E-state index in [9.17, 15) is 27.0 Å². The standard InChI is InChI=1S/C52H42O10S2/c1-51(2,53)34-32-37-8-12-39(13-9-37)59-41-16-24-47(25-17-41)63(55,56)49-28-20-43(21-29-49)61-45-6-5-7-46(36-45)62-44-22-30-50(31-23-44)64(57,58)48-26-18-42(19-27-48)60-40-14-10-38(11-15-40)33-35-52(3,4)54/h5-31,36,53-54H,1-4H3. The number of hydrogen-bond donors (Lipinski definition) is 2.